The fraction of sp³-hybridized carbons (Fsp3) is 0.0169. The molecule has 0 saturated heterocycles. The van der Waals surface area contributed by atoms with Crippen LogP contribution in [0.1, 0.15) is 22.3 Å². The molecule has 2 nitrogen and oxygen atoms in total. The summed E-state index contributed by atoms with van der Waals surface area (Å²) in [6.45, 7) is 0. The van der Waals surface area contributed by atoms with E-state index in [0.717, 1.165) is 22.7 Å². The Kier molecular flexibility index (Phi) is 8.11. The van der Waals surface area contributed by atoms with Crippen molar-refractivity contribution in [1.29, 1.82) is 0 Å². The number of aromatic nitrogens is 1. The van der Waals surface area contributed by atoms with Crippen molar-refractivity contribution in [2.75, 3.05) is 4.90 Å². The molecule has 0 atom stereocenters. The zero-order chi connectivity index (χ0) is 40.3. The van der Waals surface area contributed by atoms with E-state index in [1.807, 2.05) is 0 Å². The van der Waals surface area contributed by atoms with Gasteiger partial charge in [-0.3, -0.25) is 0 Å². The molecule has 0 N–H and O–H groups in total. The largest absolute Gasteiger partial charge is 0.310 e. The first-order chi connectivity index (χ1) is 30.3. The fourth-order valence-electron chi connectivity index (χ4n) is 10.2. The Labute approximate surface area is 355 Å². The summed E-state index contributed by atoms with van der Waals surface area (Å²) >= 11 is 0. The van der Waals surface area contributed by atoms with Crippen LogP contribution in [-0.4, -0.2) is 4.57 Å². The number of hydrogen-bond donors (Lipinski definition) is 0. The van der Waals surface area contributed by atoms with E-state index in [9.17, 15) is 0 Å². The number of hydrogen-bond acceptors (Lipinski definition) is 1. The van der Waals surface area contributed by atoms with Crippen LogP contribution < -0.4 is 4.90 Å². The highest BCUT2D eigenvalue weighted by molar-refractivity contribution is 6.09. The minimum atomic E-state index is -0.448. The van der Waals surface area contributed by atoms with Gasteiger partial charge in [0.15, 0.2) is 0 Å². The van der Waals surface area contributed by atoms with Gasteiger partial charge in [0.25, 0.3) is 0 Å². The second kappa shape index (κ2) is 14.1. The van der Waals surface area contributed by atoms with E-state index in [-0.39, 0.29) is 0 Å². The maximum Gasteiger partial charge on any atom is 0.0713 e. The third kappa shape index (κ3) is 5.43. The van der Waals surface area contributed by atoms with E-state index in [1.54, 1.807) is 0 Å². The summed E-state index contributed by atoms with van der Waals surface area (Å²) in [7, 11) is 0. The van der Waals surface area contributed by atoms with Crippen molar-refractivity contribution in [3.63, 3.8) is 0 Å². The fourth-order valence-corrected chi connectivity index (χ4v) is 10.2. The lowest BCUT2D eigenvalue weighted by Crippen LogP contribution is -2.28. The Morgan fingerprint density at radius 2 is 0.787 bits per heavy atom. The van der Waals surface area contributed by atoms with Crippen molar-refractivity contribution in [3.05, 3.63) is 265 Å². The molecule has 10 aromatic carbocycles. The Balaban J connectivity index is 0.957. The summed E-state index contributed by atoms with van der Waals surface area (Å²) in [6.07, 6.45) is 0. The molecule has 0 fully saturated rings. The van der Waals surface area contributed by atoms with Crippen LogP contribution in [0, 0.1) is 0 Å². The number of anilines is 3. The van der Waals surface area contributed by atoms with E-state index in [4.69, 9.17) is 0 Å². The third-order valence-electron chi connectivity index (χ3n) is 12.9. The van der Waals surface area contributed by atoms with Crippen LogP contribution in [0.2, 0.25) is 0 Å². The van der Waals surface area contributed by atoms with Crippen LogP contribution in [0.5, 0.6) is 0 Å². The molecule has 1 aliphatic carbocycles. The highest BCUT2D eigenvalue weighted by atomic mass is 15.1. The Morgan fingerprint density at radius 1 is 0.328 bits per heavy atom. The number of nitrogens with zero attached hydrogens (tertiary/aromatic N) is 2. The zero-order valence-corrected chi connectivity index (χ0v) is 33.5. The molecule has 0 saturated carbocycles. The van der Waals surface area contributed by atoms with Gasteiger partial charge in [-0.05, 0) is 104 Å². The lowest BCUT2D eigenvalue weighted by atomic mass is 9.68. The van der Waals surface area contributed by atoms with Gasteiger partial charge in [0.2, 0.25) is 0 Å². The molecule has 1 aromatic heterocycles. The average Bonchev–Trinajstić information content (AvgIpc) is 3.84. The molecule has 0 bridgehead atoms. The summed E-state index contributed by atoms with van der Waals surface area (Å²) in [4.78, 5) is 2.41. The first kappa shape index (κ1) is 35.0. The molecule has 1 aliphatic rings. The molecule has 1 heterocycles. The zero-order valence-electron chi connectivity index (χ0n) is 33.5. The summed E-state index contributed by atoms with van der Waals surface area (Å²) < 4.78 is 2.37. The Morgan fingerprint density at radius 3 is 1.41 bits per heavy atom. The van der Waals surface area contributed by atoms with Gasteiger partial charge in [-0.15, -0.1) is 0 Å². The van der Waals surface area contributed by atoms with Crippen molar-refractivity contribution < 1.29 is 0 Å². The predicted octanol–water partition coefficient (Wildman–Crippen LogP) is 15.4. The van der Waals surface area contributed by atoms with Crippen LogP contribution in [0.3, 0.4) is 0 Å². The molecular formula is C59H40N2. The molecule has 0 amide bonds. The second-order valence-corrected chi connectivity index (χ2v) is 16.1. The summed E-state index contributed by atoms with van der Waals surface area (Å²) in [5.74, 6) is 0. The van der Waals surface area contributed by atoms with Crippen molar-refractivity contribution >= 4 is 49.6 Å². The smallest absolute Gasteiger partial charge is 0.0713 e. The molecule has 0 unspecified atom stereocenters. The minimum Gasteiger partial charge on any atom is -0.310 e. The second-order valence-electron chi connectivity index (χ2n) is 16.1. The first-order valence-corrected chi connectivity index (χ1v) is 21.1. The lowest BCUT2D eigenvalue weighted by molar-refractivity contribution is 0.768. The van der Waals surface area contributed by atoms with Crippen molar-refractivity contribution in [1.82, 2.24) is 4.57 Å². The van der Waals surface area contributed by atoms with Gasteiger partial charge in [0.05, 0.1) is 22.1 Å². The van der Waals surface area contributed by atoms with Crippen molar-refractivity contribution in [2.24, 2.45) is 0 Å². The monoisotopic (exact) mass is 776 g/mol. The van der Waals surface area contributed by atoms with Gasteiger partial charge in [0, 0.05) is 33.2 Å². The normalized spacial score (nSPS) is 12.7. The van der Waals surface area contributed by atoms with Gasteiger partial charge >= 0.3 is 0 Å². The molecule has 12 rings (SSSR count). The van der Waals surface area contributed by atoms with E-state index < -0.39 is 5.41 Å². The topological polar surface area (TPSA) is 8.17 Å². The van der Waals surface area contributed by atoms with Crippen LogP contribution in [0.25, 0.3) is 60.5 Å². The number of rotatable bonds is 7. The third-order valence-corrected chi connectivity index (χ3v) is 12.9. The Hall–Kier alpha value is -7.94. The highest BCUT2D eigenvalue weighted by Crippen LogP contribution is 2.56. The summed E-state index contributed by atoms with van der Waals surface area (Å²) in [5.41, 5.74) is 16.6. The number of fused-ring (bicyclic) bond motifs is 7. The number of benzene rings is 10. The quantitative estimate of drug-likeness (QED) is 0.156. The van der Waals surface area contributed by atoms with Gasteiger partial charge in [-0.2, -0.15) is 0 Å². The van der Waals surface area contributed by atoms with E-state index >= 15 is 0 Å². The van der Waals surface area contributed by atoms with E-state index in [1.165, 1.54) is 77.1 Å². The lowest BCUT2D eigenvalue weighted by Gasteiger charge is -2.34. The Bertz CT molecular complexity index is 3290. The maximum absolute atomic E-state index is 2.41. The van der Waals surface area contributed by atoms with Gasteiger partial charge in [0.1, 0.15) is 0 Å². The molecule has 61 heavy (non-hydrogen) atoms. The van der Waals surface area contributed by atoms with E-state index in [2.05, 4.69) is 252 Å². The van der Waals surface area contributed by atoms with Crippen LogP contribution >= 0.6 is 0 Å². The van der Waals surface area contributed by atoms with Crippen LogP contribution in [0.4, 0.5) is 17.1 Å². The maximum atomic E-state index is 2.41. The van der Waals surface area contributed by atoms with E-state index in [0.29, 0.717) is 0 Å². The molecule has 0 radical (unpaired) electrons. The minimum absolute atomic E-state index is 0.448. The standard InChI is InChI=1S/C59H40N2/c1-2-17-44(18-3-1)59(54-24-10-6-20-50(54)51-21-7-11-25-55(51)59)45-33-39-47(40-34-45)60(56-28-14-16-43-15-4-5-19-49(43)56)46-35-29-41(30-36-46)42-31-37-48(38-32-42)61-57-26-12-8-22-52(57)53-23-9-13-27-58(53)61/h1-40H. The molecule has 286 valence electrons. The molecule has 0 spiro atoms. The van der Waals surface area contributed by atoms with Gasteiger partial charge in [-0.1, -0.05) is 188 Å². The molecular weight excluding hydrogens is 737 g/mol. The van der Waals surface area contributed by atoms with Gasteiger partial charge in [-0.25, -0.2) is 0 Å². The van der Waals surface area contributed by atoms with Crippen LogP contribution in [-0.2, 0) is 5.41 Å². The highest BCUT2D eigenvalue weighted by Gasteiger charge is 2.45. The predicted molar refractivity (Wildman–Crippen MR) is 256 cm³/mol. The SMILES string of the molecule is c1ccc(C2(c3ccc(N(c4ccc(-c5ccc(-n6c7ccccc7c7ccccc76)cc5)cc4)c4cccc5ccccc45)cc3)c3ccccc3-c3ccccc32)cc1. The van der Waals surface area contributed by atoms with Crippen molar-refractivity contribution in [3.8, 4) is 27.9 Å². The first-order valence-electron chi connectivity index (χ1n) is 21.1. The summed E-state index contributed by atoms with van der Waals surface area (Å²) in [6, 6.07) is 88.9. The molecule has 0 aliphatic heterocycles. The summed E-state index contributed by atoms with van der Waals surface area (Å²) in [5, 5.41) is 4.96. The van der Waals surface area contributed by atoms with Crippen molar-refractivity contribution in [2.45, 2.75) is 5.41 Å². The molecule has 2 heteroatoms. The van der Waals surface area contributed by atoms with Gasteiger partial charge < -0.3 is 9.47 Å². The van der Waals surface area contributed by atoms with Crippen LogP contribution in [0.15, 0.2) is 243 Å². The molecule has 11 aromatic rings. The number of para-hydroxylation sites is 2. The average molecular weight is 777 g/mol.